The Morgan fingerprint density at radius 2 is 1.40 bits per heavy atom. The highest BCUT2D eigenvalue weighted by Crippen LogP contribution is 2.22. The lowest BCUT2D eigenvalue weighted by Gasteiger charge is -2.32. The van der Waals surface area contributed by atoms with Gasteiger partial charge in [-0.2, -0.15) is 4.31 Å². The molecular formula is C32H35N3O4S. The Balaban J connectivity index is 1.64. The first-order valence-corrected chi connectivity index (χ1v) is 14.8. The molecular weight excluding hydrogens is 522 g/mol. The van der Waals surface area contributed by atoms with Gasteiger partial charge in [0.05, 0.1) is 11.4 Å². The monoisotopic (exact) mass is 557 g/mol. The number of fused-ring (bicyclic) bond motifs is 1. The van der Waals surface area contributed by atoms with Gasteiger partial charge in [0.15, 0.2) is 0 Å². The average molecular weight is 558 g/mol. The van der Waals surface area contributed by atoms with Gasteiger partial charge in [-0.1, -0.05) is 97.9 Å². The van der Waals surface area contributed by atoms with Gasteiger partial charge in [-0.15, -0.1) is 0 Å². The van der Waals surface area contributed by atoms with E-state index in [-0.39, 0.29) is 17.3 Å². The van der Waals surface area contributed by atoms with Gasteiger partial charge in [-0.05, 0) is 40.5 Å². The first-order chi connectivity index (χ1) is 19.3. The molecule has 0 saturated heterocycles. The van der Waals surface area contributed by atoms with E-state index in [2.05, 4.69) is 5.32 Å². The molecule has 208 valence electrons. The van der Waals surface area contributed by atoms with Crippen molar-refractivity contribution in [3.05, 3.63) is 114 Å². The summed E-state index contributed by atoms with van der Waals surface area (Å²) in [6, 6.07) is 30.5. The second-order valence-corrected chi connectivity index (χ2v) is 11.8. The van der Waals surface area contributed by atoms with Gasteiger partial charge >= 0.3 is 0 Å². The van der Waals surface area contributed by atoms with Crippen molar-refractivity contribution >= 4 is 32.6 Å². The van der Waals surface area contributed by atoms with Crippen LogP contribution in [0.1, 0.15) is 24.5 Å². The predicted octanol–water partition coefficient (Wildman–Crippen LogP) is 4.63. The summed E-state index contributed by atoms with van der Waals surface area (Å²) in [5, 5.41) is 4.66. The standard InChI is InChI=1S/C32H35N3O4S/c1-3-20-33-32(37)30(21-25-12-6-4-7-13-25)35(23-26-14-8-5-9-15-26)31(36)24-34(2)40(38,39)29-19-18-27-16-10-11-17-28(27)22-29/h4-19,22,30H,3,20-21,23-24H2,1-2H3,(H,33,37)/t30-/m1/s1. The van der Waals surface area contributed by atoms with Crippen LogP contribution in [0.5, 0.6) is 0 Å². The lowest BCUT2D eigenvalue weighted by Crippen LogP contribution is -2.53. The van der Waals surface area contributed by atoms with E-state index in [9.17, 15) is 18.0 Å². The molecule has 0 aromatic heterocycles. The number of rotatable bonds is 12. The maximum absolute atomic E-state index is 13.9. The Kier molecular flexibility index (Phi) is 9.69. The second kappa shape index (κ2) is 13.4. The summed E-state index contributed by atoms with van der Waals surface area (Å²) >= 11 is 0. The molecule has 0 aliphatic rings. The van der Waals surface area contributed by atoms with E-state index in [0.717, 1.165) is 32.6 Å². The lowest BCUT2D eigenvalue weighted by atomic mass is 10.0. The van der Waals surface area contributed by atoms with E-state index in [1.807, 2.05) is 91.9 Å². The Hall–Kier alpha value is -4.01. The molecule has 0 fully saturated rings. The summed E-state index contributed by atoms with van der Waals surface area (Å²) in [6.45, 7) is 2.20. The summed E-state index contributed by atoms with van der Waals surface area (Å²) in [5.41, 5.74) is 1.75. The summed E-state index contributed by atoms with van der Waals surface area (Å²) in [7, 11) is -2.57. The summed E-state index contributed by atoms with van der Waals surface area (Å²) in [6.07, 6.45) is 1.05. The maximum Gasteiger partial charge on any atom is 0.243 e. The largest absolute Gasteiger partial charge is 0.354 e. The highest BCUT2D eigenvalue weighted by molar-refractivity contribution is 7.89. The van der Waals surface area contributed by atoms with Crippen LogP contribution in [0.4, 0.5) is 0 Å². The minimum Gasteiger partial charge on any atom is -0.354 e. The fourth-order valence-corrected chi connectivity index (χ4v) is 5.73. The third-order valence-electron chi connectivity index (χ3n) is 6.80. The molecule has 8 heteroatoms. The quantitative estimate of drug-likeness (QED) is 0.275. The van der Waals surface area contributed by atoms with Crippen molar-refractivity contribution < 1.29 is 18.0 Å². The highest BCUT2D eigenvalue weighted by Gasteiger charge is 2.33. The molecule has 0 aliphatic carbocycles. The Labute approximate surface area is 236 Å². The summed E-state index contributed by atoms with van der Waals surface area (Å²) in [5.74, 6) is -0.724. The third-order valence-corrected chi connectivity index (χ3v) is 8.60. The molecule has 0 spiro atoms. The molecule has 4 rings (SSSR count). The highest BCUT2D eigenvalue weighted by atomic mass is 32.2. The molecule has 0 radical (unpaired) electrons. The normalized spacial score (nSPS) is 12.3. The molecule has 0 heterocycles. The minimum absolute atomic E-state index is 0.109. The van der Waals surface area contributed by atoms with Crippen molar-refractivity contribution in [1.29, 1.82) is 0 Å². The molecule has 4 aromatic carbocycles. The van der Waals surface area contributed by atoms with Gasteiger partial charge in [0.2, 0.25) is 21.8 Å². The lowest BCUT2D eigenvalue weighted by molar-refractivity contribution is -0.141. The van der Waals surface area contributed by atoms with Crippen LogP contribution in [0.3, 0.4) is 0 Å². The molecule has 0 unspecified atom stereocenters. The number of benzene rings is 4. The van der Waals surface area contributed by atoms with E-state index in [1.54, 1.807) is 18.2 Å². The van der Waals surface area contributed by atoms with Crippen LogP contribution in [-0.4, -0.2) is 55.6 Å². The number of sulfonamides is 1. The van der Waals surface area contributed by atoms with Gasteiger partial charge in [-0.25, -0.2) is 8.42 Å². The fraction of sp³-hybridized carbons (Fsp3) is 0.250. The van der Waals surface area contributed by atoms with Crippen LogP contribution >= 0.6 is 0 Å². The maximum atomic E-state index is 13.9. The van der Waals surface area contributed by atoms with E-state index >= 15 is 0 Å². The summed E-state index contributed by atoms with van der Waals surface area (Å²) in [4.78, 5) is 28.9. The number of nitrogens with zero attached hydrogens (tertiary/aromatic N) is 2. The van der Waals surface area contributed by atoms with Gasteiger partial charge < -0.3 is 10.2 Å². The second-order valence-electron chi connectivity index (χ2n) is 9.77. The smallest absolute Gasteiger partial charge is 0.243 e. The van der Waals surface area contributed by atoms with Gasteiger partial charge in [0.25, 0.3) is 0 Å². The van der Waals surface area contributed by atoms with E-state index in [0.29, 0.717) is 13.0 Å². The van der Waals surface area contributed by atoms with Crippen molar-refractivity contribution in [3.8, 4) is 0 Å². The van der Waals surface area contributed by atoms with Crippen molar-refractivity contribution in [1.82, 2.24) is 14.5 Å². The van der Waals surface area contributed by atoms with E-state index < -0.39 is 28.5 Å². The Morgan fingerprint density at radius 3 is 2.05 bits per heavy atom. The Bertz CT molecular complexity index is 1540. The van der Waals surface area contributed by atoms with Gasteiger partial charge in [-0.3, -0.25) is 9.59 Å². The first kappa shape index (κ1) is 29.0. The average Bonchev–Trinajstić information content (AvgIpc) is 2.98. The van der Waals surface area contributed by atoms with Crippen LogP contribution in [0.25, 0.3) is 10.8 Å². The molecule has 4 aromatic rings. The van der Waals surface area contributed by atoms with Crippen molar-refractivity contribution in [2.45, 2.75) is 37.2 Å². The topological polar surface area (TPSA) is 86.8 Å². The van der Waals surface area contributed by atoms with Gasteiger partial charge in [0, 0.05) is 26.6 Å². The molecule has 7 nitrogen and oxygen atoms in total. The van der Waals surface area contributed by atoms with Crippen LogP contribution in [0.2, 0.25) is 0 Å². The number of amides is 2. The zero-order chi connectivity index (χ0) is 28.5. The first-order valence-electron chi connectivity index (χ1n) is 13.4. The number of carbonyl (C=O) groups excluding carboxylic acids is 2. The summed E-state index contributed by atoms with van der Waals surface area (Å²) < 4.78 is 28.1. The SMILES string of the molecule is CCCNC(=O)[C@@H](Cc1ccccc1)N(Cc1ccccc1)C(=O)CN(C)S(=O)(=O)c1ccc2ccccc2c1. The number of carbonyl (C=O) groups is 2. The molecule has 0 bridgehead atoms. The molecule has 1 atom stereocenters. The molecule has 1 N–H and O–H groups in total. The van der Waals surface area contributed by atoms with E-state index in [1.165, 1.54) is 11.9 Å². The van der Waals surface area contributed by atoms with Crippen molar-refractivity contribution in [2.24, 2.45) is 0 Å². The number of hydrogen-bond acceptors (Lipinski definition) is 4. The predicted molar refractivity (Wildman–Crippen MR) is 158 cm³/mol. The van der Waals surface area contributed by atoms with Crippen LogP contribution in [0.15, 0.2) is 108 Å². The number of hydrogen-bond donors (Lipinski definition) is 1. The minimum atomic E-state index is -3.97. The van der Waals surface area contributed by atoms with Crippen molar-refractivity contribution in [2.75, 3.05) is 20.1 Å². The van der Waals surface area contributed by atoms with Crippen LogP contribution in [-0.2, 0) is 32.6 Å². The Morgan fingerprint density at radius 1 is 0.800 bits per heavy atom. The van der Waals surface area contributed by atoms with Gasteiger partial charge in [0.1, 0.15) is 6.04 Å². The molecule has 0 saturated carbocycles. The van der Waals surface area contributed by atoms with Crippen LogP contribution in [0, 0.1) is 0 Å². The molecule has 0 aliphatic heterocycles. The molecule has 40 heavy (non-hydrogen) atoms. The molecule has 2 amide bonds. The zero-order valence-corrected chi connectivity index (χ0v) is 23.7. The third kappa shape index (κ3) is 7.14. The zero-order valence-electron chi connectivity index (χ0n) is 22.9. The van der Waals surface area contributed by atoms with Crippen LogP contribution < -0.4 is 5.32 Å². The number of nitrogens with one attached hydrogen (secondary N) is 1. The number of likely N-dealkylation sites (N-methyl/N-ethyl adjacent to an activating group) is 1. The van der Waals surface area contributed by atoms with Crippen molar-refractivity contribution in [3.63, 3.8) is 0 Å². The van der Waals surface area contributed by atoms with E-state index in [4.69, 9.17) is 0 Å². The fourth-order valence-electron chi connectivity index (χ4n) is 4.57.